The number of ketones is 1. The van der Waals surface area contributed by atoms with Gasteiger partial charge < -0.3 is 5.73 Å². The zero-order chi connectivity index (χ0) is 20.5. The van der Waals surface area contributed by atoms with Gasteiger partial charge in [0.1, 0.15) is 11.2 Å². The third-order valence-corrected chi connectivity index (χ3v) is 6.69. The standard InChI is InChI=1S/C22H25N3O2S/c1-4-14-15(12-23)21(25-16-10-22(2,3)11-17(26)18(14)16)28-19(20(24)27)13-8-6-5-7-9-13/h5-9,14-15,19H,4,10-11H2,1-3H3,(H2,24,27)/t14-,15?,19-/m1/s1. The van der Waals surface area contributed by atoms with Gasteiger partial charge in [-0.1, -0.05) is 62.9 Å². The lowest BCUT2D eigenvalue weighted by Crippen LogP contribution is -2.36. The van der Waals surface area contributed by atoms with Crippen molar-refractivity contribution in [2.75, 3.05) is 0 Å². The Morgan fingerprint density at radius 3 is 2.61 bits per heavy atom. The zero-order valence-corrected chi connectivity index (χ0v) is 17.3. The maximum absolute atomic E-state index is 12.8. The van der Waals surface area contributed by atoms with Crippen LogP contribution in [0, 0.1) is 28.6 Å². The molecule has 3 rings (SSSR count). The highest BCUT2D eigenvalue weighted by Gasteiger charge is 2.43. The summed E-state index contributed by atoms with van der Waals surface area (Å²) in [6, 6.07) is 11.6. The summed E-state index contributed by atoms with van der Waals surface area (Å²) in [4.78, 5) is 29.7. The number of rotatable bonds is 4. The number of nitrogens with zero attached hydrogens (tertiary/aromatic N) is 2. The molecule has 1 aliphatic heterocycles. The summed E-state index contributed by atoms with van der Waals surface area (Å²) < 4.78 is 0. The van der Waals surface area contributed by atoms with E-state index >= 15 is 0 Å². The molecular weight excluding hydrogens is 370 g/mol. The van der Waals surface area contributed by atoms with E-state index in [4.69, 9.17) is 10.7 Å². The molecule has 3 atom stereocenters. The molecule has 1 aromatic rings. The van der Waals surface area contributed by atoms with Gasteiger partial charge in [-0.15, -0.1) is 0 Å². The van der Waals surface area contributed by atoms with E-state index < -0.39 is 17.1 Å². The number of primary amides is 1. The number of carbonyl (C=O) groups is 2. The lowest BCUT2D eigenvalue weighted by molar-refractivity contribution is -0.119. The second kappa shape index (κ2) is 7.92. The second-order valence-corrected chi connectivity index (χ2v) is 9.31. The van der Waals surface area contributed by atoms with Crippen LogP contribution in [-0.2, 0) is 9.59 Å². The summed E-state index contributed by atoms with van der Waals surface area (Å²) in [5.74, 6) is -1.10. The summed E-state index contributed by atoms with van der Waals surface area (Å²) in [6.07, 6.45) is 1.85. The summed E-state index contributed by atoms with van der Waals surface area (Å²) in [7, 11) is 0. The summed E-state index contributed by atoms with van der Waals surface area (Å²) >= 11 is 1.24. The molecule has 0 aromatic heterocycles. The molecule has 146 valence electrons. The van der Waals surface area contributed by atoms with Gasteiger partial charge in [-0.2, -0.15) is 5.26 Å². The fourth-order valence-corrected chi connectivity index (χ4v) is 5.26. The number of hydrogen-bond acceptors (Lipinski definition) is 5. The SMILES string of the molecule is CC[C@H]1C2=C(CC(C)(C)CC2=O)N=C(S[C@@H](C(N)=O)c2ccccc2)C1C#N. The third kappa shape index (κ3) is 3.90. The van der Waals surface area contributed by atoms with Crippen LogP contribution in [0.2, 0.25) is 0 Å². The molecule has 2 aliphatic rings. The van der Waals surface area contributed by atoms with Crippen molar-refractivity contribution in [2.24, 2.45) is 28.0 Å². The molecule has 1 unspecified atom stereocenters. The number of amides is 1. The largest absolute Gasteiger partial charge is 0.368 e. The van der Waals surface area contributed by atoms with Crippen molar-refractivity contribution in [3.05, 3.63) is 47.2 Å². The Morgan fingerprint density at radius 1 is 1.36 bits per heavy atom. The molecule has 1 aromatic carbocycles. The molecule has 0 saturated heterocycles. The molecule has 0 fully saturated rings. The molecule has 0 radical (unpaired) electrons. The minimum Gasteiger partial charge on any atom is -0.368 e. The van der Waals surface area contributed by atoms with Crippen LogP contribution >= 0.6 is 11.8 Å². The molecule has 6 heteroatoms. The van der Waals surface area contributed by atoms with Crippen molar-refractivity contribution in [2.45, 2.75) is 45.3 Å². The molecule has 0 bridgehead atoms. The van der Waals surface area contributed by atoms with E-state index in [1.54, 1.807) is 0 Å². The first-order chi connectivity index (χ1) is 13.3. The predicted octanol–water partition coefficient (Wildman–Crippen LogP) is 4.17. The van der Waals surface area contributed by atoms with Gasteiger partial charge in [0, 0.05) is 23.6 Å². The quantitative estimate of drug-likeness (QED) is 0.827. The van der Waals surface area contributed by atoms with Gasteiger partial charge >= 0.3 is 0 Å². The van der Waals surface area contributed by atoms with Crippen molar-refractivity contribution in [1.82, 2.24) is 0 Å². The number of benzene rings is 1. The van der Waals surface area contributed by atoms with Crippen LogP contribution in [-0.4, -0.2) is 16.7 Å². The minimum atomic E-state index is -0.622. The first kappa shape index (κ1) is 20.3. The van der Waals surface area contributed by atoms with Crippen molar-refractivity contribution in [3.8, 4) is 6.07 Å². The van der Waals surface area contributed by atoms with Gasteiger partial charge in [-0.25, -0.2) is 4.99 Å². The van der Waals surface area contributed by atoms with Crippen LogP contribution in [0.4, 0.5) is 0 Å². The Balaban J connectivity index is 2.04. The maximum atomic E-state index is 12.8. The van der Waals surface area contributed by atoms with E-state index in [9.17, 15) is 14.9 Å². The number of nitrogens with two attached hydrogens (primary N) is 1. The smallest absolute Gasteiger partial charge is 0.235 e. The van der Waals surface area contributed by atoms with E-state index in [0.717, 1.165) is 11.3 Å². The molecule has 28 heavy (non-hydrogen) atoms. The molecular formula is C22H25N3O2S. The van der Waals surface area contributed by atoms with E-state index in [1.807, 2.05) is 37.3 Å². The van der Waals surface area contributed by atoms with Gasteiger partial charge in [0.2, 0.25) is 5.91 Å². The summed E-state index contributed by atoms with van der Waals surface area (Å²) in [5.41, 5.74) is 7.79. The lowest BCUT2D eigenvalue weighted by atomic mass is 9.69. The van der Waals surface area contributed by atoms with Gasteiger partial charge in [-0.3, -0.25) is 9.59 Å². The number of thioether (sulfide) groups is 1. The first-order valence-corrected chi connectivity index (χ1v) is 10.4. The van der Waals surface area contributed by atoms with Crippen LogP contribution in [0.5, 0.6) is 0 Å². The number of hydrogen-bond donors (Lipinski definition) is 1. The van der Waals surface area contributed by atoms with E-state index in [1.165, 1.54) is 11.8 Å². The topological polar surface area (TPSA) is 96.3 Å². The van der Waals surface area contributed by atoms with E-state index in [-0.39, 0.29) is 17.1 Å². The van der Waals surface area contributed by atoms with E-state index in [0.29, 0.717) is 29.9 Å². The molecule has 1 aliphatic carbocycles. The Morgan fingerprint density at radius 2 is 2.04 bits per heavy atom. The fourth-order valence-electron chi connectivity index (χ4n) is 4.09. The number of nitriles is 1. The van der Waals surface area contributed by atoms with Gasteiger partial charge in [0.15, 0.2) is 5.78 Å². The van der Waals surface area contributed by atoms with Crippen molar-refractivity contribution in [1.29, 1.82) is 5.26 Å². The lowest BCUT2D eigenvalue weighted by Gasteiger charge is -2.38. The van der Waals surface area contributed by atoms with Crippen LogP contribution < -0.4 is 5.73 Å². The van der Waals surface area contributed by atoms with Crippen molar-refractivity contribution in [3.63, 3.8) is 0 Å². The number of carbonyl (C=O) groups excluding carboxylic acids is 2. The molecule has 5 nitrogen and oxygen atoms in total. The predicted molar refractivity (Wildman–Crippen MR) is 111 cm³/mol. The molecule has 0 saturated carbocycles. The number of allylic oxidation sites excluding steroid dienone is 2. The van der Waals surface area contributed by atoms with Gasteiger partial charge in [0.05, 0.1) is 11.1 Å². The monoisotopic (exact) mass is 395 g/mol. The normalized spacial score (nSPS) is 24.8. The fraction of sp³-hybridized carbons (Fsp3) is 0.455. The molecule has 2 N–H and O–H groups in total. The van der Waals surface area contributed by atoms with Crippen LogP contribution in [0.3, 0.4) is 0 Å². The highest BCUT2D eigenvalue weighted by atomic mass is 32.2. The van der Waals surface area contributed by atoms with Crippen molar-refractivity contribution >= 4 is 28.5 Å². The average Bonchev–Trinajstić information content (AvgIpc) is 2.64. The third-order valence-electron chi connectivity index (χ3n) is 5.36. The number of aliphatic imine (C=N–C) groups is 1. The van der Waals surface area contributed by atoms with E-state index in [2.05, 4.69) is 19.9 Å². The molecule has 1 amide bonds. The first-order valence-electron chi connectivity index (χ1n) is 9.52. The van der Waals surface area contributed by atoms with Gasteiger partial charge in [0.25, 0.3) is 0 Å². The summed E-state index contributed by atoms with van der Waals surface area (Å²) in [5, 5.41) is 9.84. The highest BCUT2D eigenvalue weighted by molar-refractivity contribution is 8.14. The Bertz CT molecular complexity index is 896. The Kier molecular flexibility index (Phi) is 5.76. The summed E-state index contributed by atoms with van der Waals surface area (Å²) in [6.45, 7) is 6.11. The van der Waals surface area contributed by atoms with Crippen LogP contribution in [0.1, 0.15) is 50.8 Å². The maximum Gasteiger partial charge on any atom is 0.235 e. The molecule has 1 heterocycles. The zero-order valence-electron chi connectivity index (χ0n) is 16.4. The Labute approximate surface area is 170 Å². The average molecular weight is 396 g/mol. The van der Waals surface area contributed by atoms with Crippen LogP contribution in [0.15, 0.2) is 46.6 Å². The minimum absolute atomic E-state index is 0.0978. The number of Topliss-reactive ketones (excluding diaryl/α,β-unsaturated/α-hetero) is 1. The molecule has 0 spiro atoms. The van der Waals surface area contributed by atoms with Crippen molar-refractivity contribution < 1.29 is 9.59 Å². The second-order valence-electron chi connectivity index (χ2n) is 8.18. The highest BCUT2D eigenvalue weighted by Crippen LogP contribution is 2.47. The van der Waals surface area contributed by atoms with Crippen LogP contribution in [0.25, 0.3) is 0 Å². The Hall–Kier alpha value is -2.39. The van der Waals surface area contributed by atoms with Gasteiger partial charge in [-0.05, 0) is 23.8 Å².